The van der Waals surface area contributed by atoms with Gasteiger partial charge in [-0.2, -0.15) is 0 Å². The predicted molar refractivity (Wildman–Crippen MR) is 79.3 cm³/mol. The highest BCUT2D eigenvalue weighted by atomic mass is 16.5. The number of ether oxygens (including phenoxy) is 1. The van der Waals surface area contributed by atoms with Crippen LogP contribution in [-0.4, -0.2) is 24.8 Å². The molecule has 1 spiro atoms. The summed E-state index contributed by atoms with van der Waals surface area (Å²) < 4.78 is 6.41. The van der Waals surface area contributed by atoms with Crippen LogP contribution < -0.4 is 5.32 Å². The predicted octanol–water partition coefficient (Wildman–Crippen LogP) is 3.89. The van der Waals surface area contributed by atoms with Crippen LogP contribution in [0.4, 0.5) is 0 Å². The van der Waals surface area contributed by atoms with E-state index >= 15 is 0 Å². The maximum atomic E-state index is 6.41. The Hall–Kier alpha value is -0.0800. The molecule has 1 saturated heterocycles. The lowest BCUT2D eigenvalue weighted by Crippen LogP contribution is -2.35. The zero-order valence-electron chi connectivity index (χ0n) is 12.6. The SMILES string of the molecule is CC1CCC(CNCC2CCC3(CCCCC3)O2)C1. The summed E-state index contributed by atoms with van der Waals surface area (Å²) in [5.74, 6) is 1.89. The Morgan fingerprint density at radius 3 is 2.58 bits per heavy atom. The van der Waals surface area contributed by atoms with Gasteiger partial charge in [-0.15, -0.1) is 0 Å². The number of hydrogen-bond donors (Lipinski definition) is 1. The van der Waals surface area contributed by atoms with E-state index in [2.05, 4.69) is 12.2 Å². The second-order valence-corrected chi connectivity index (χ2v) is 7.46. The smallest absolute Gasteiger partial charge is 0.0708 e. The molecule has 1 aliphatic heterocycles. The van der Waals surface area contributed by atoms with E-state index < -0.39 is 0 Å². The molecule has 3 fully saturated rings. The van der Waals surface area contributed by atoms with Crippen molar-refractivity contribution in [2.75, 3.05) is 13.1 Å². The summed E-state index contributed by atoms with van der Waals surface area (Å²) in [4.78, 5) is 0. The van der Waals surface area contributed by atoms with Crippen LogP contribution in [0.5, 0.6) is 0 Å². The number of nitrogens with one attached hydrogen (secondary N) is 1. The molecule has 2 heteroatoms. The van der Waals surface area contributed by atoms with Crippen molar-refractivity contribution in [2.45, 2.75) is 82.8 Å². The van der Waals surface area contributed by atoms with Gasteiger partial charge in [0.25, 0.3) is 0 Å². The molecular formula is C17H31NO. The molecule has 110 valence electrons. The van der Waals surface area contributed by atoms with Crippen molar-refractivity contribution in [1.82, 2.24) is 5.32 Å². The van der Waals surface area contributed by atoms with Gasteiger partial charge in [-0.1, -0.05) is 32.6 Å². The van der Waals surface area contributed by atoms with Crippen LogP contribution in [0, 0.1) is 11.8 Å². The van der Waals surface area contributed by atoms with Crippen molar-refractivity contribution in [3.05, 3.63) is 0 Å². The second-order valence-electron chi connectivity index (χ2n) is 7.46. The Bertz CT molecular complexity index is 285. The van der Waals surface area contributed by atoms with E-state index in [0.717, 1.165) is 18.4 Å². The summed E-state index contributed by atoms with van der Waals surface area (Å²) in [5, 5.41) is 3.69. The lowest BCUT2D eigenvalue weighted by molar-refractivity contribution is -0.0624. The highest BCUT2D eigenvalue weighted by Crippen LogP contribution is 2.41. The normalized spacial score (nSPS) is 38.1. The van der Waals surface area contributed by atoms with Gasteiger partial charge >= 0.3 is 0 Å². The molecule has 3 rings (SSSR count). The summed E-state index contributed by atoms with van der Waals surface area (Å²) in [6, 6.07) is 0. The van der Waals surface area contributed by atoms with E-state index in [9.17, 15) is 0 Å². The minimum Gasteiger partial charge on any atom is -0.370 e. The molecule has 0 bridgehead atoms. The zero-order valence-corrected chi connectivity index (χ0v) is 12.6. The van der Waals surface area contributed by atoms with Crippen molar-refractivity contribution < 1.29 is 4.74 Å². The Morgan fingerprint density at radius 2 is 1.84 bits per heavy atom. The van der Waals surface area contributed by atoms with Crippen molar-refractivity contribution in [3.63, 3.8) is 0 Å². The van der Waals surface area contributed by atoms with Crippen molar-refractivity contribution in [3.8, 4) is 0 Å². The zero-order chi connectivity index (χ0) is 13.1. The van der Waals surface area contributed by atoms with Crippen LogP contribution in [0.15, 0.2) is 0 Å². The minimum absolute atomic E-state index is 0.298. The van der Waals surface area contributed by atoms with E-state index in [1.807, 2.05) is 0 Å². The van der Waals surface area contributed by atoms with Crippen molar-refractivity contribution >= 4 is 0 Å². The van der Waals surface area contributed by atoms with Gasteiger partial charge in [0.15, 0.2) is 0 Å². The molecular weight excluding hydrogens is 234 g/mol. The standard InChI is InChI=1S/C17H31NO/c1-14-5-6-15(11-14)12-18-13-16-7-10-17(19-16)8-3-2-4-9-17/h14-16,18H,2-13H2,1H3. The van der Waals surface area contributed by atoms with E-state index in [0.29, 0.717) is 11.7 Å². The van der Waals surface area contributed by atoms with Crippen LogP contribution in [0.25, 0.3) is 0 Å². The fourth-order valence-electron chi connectivity index (χ4n) is 4.56. The topological polar surface area (TPSA) is 21.3 Å². The largest absolute Gasteiger partial charge is 0.370 e. The molecule has 19 heavy (non-hydrogen) atoms. The van der Waals surface area contributed by atoms with Gasteiger partial charge in [0.1, 0.15) is 0 Å². The molecule has 0 aromatic carbocycles. The van der Waals surface area contributed by atoms with Crippen molar-refractivity contribution in [2.24, 2.45) is 11.8 Å². The van der Waals surface area contributed by atoms with Gasteiger partial charge in [-0.3, -0.25) is 0 Å². The second kappa shape index (κ2) is 6.13. The monoisotopic (exact) mass is 265 g/mol. The molecule has 2 aliphatic carbocycles. The minimum atomic E-state index is 0.298. The molecule has 0 radical (unpaired) electrons. The summed E-state index contributed by atoms with van der Waals surface area (Å²) in [7, 11) is 0. The fraction of sp³-hybridized carbons (Fsp3) is 1.00. The van der Waals surface area contributed by atoms with Gasteiger partial charge in [-0.25, -0.2) is 0 Å². The van der Waals surface area contributed by atoms with Crippen LogP contribution in [0.1, 0.15) is 71.1 Å². The summed E-state index contributed by atoms with van der Waals surface area (Å²) in [6.45, 7) is 4.71. The first-order valence-electron chi connectivity index (χ1n) is 8.64. The van der Waals surface area contributed by atoms with Gasteiger partial charge in [0.2, 0.25) is 0 Å². The van der Waals surface area contributed by atoms with Crippen LogP contribution in [0.3, 0.4) is 0 Å². The lowest BCUT2D eigenvalue weighted by atomic mass is 9.83. The average molecular weight is 265 g/mol. The maximum absolute atomic E-state index is 6.41. The first-order chi connectivity index (χ1) is 9.26. The number of hydrogen-bond acceptors (Lipinski definition) is 2. The third-order valence-electron chi connectivity index (χ3n) is 5.71. The molecule has 3 aliphatic rings. The summed E-state index contributed by atoms with van der Waals surface area (Å²) in [5.41, 5.74) is 0.298. The molecule has 1 N–H and O–H groups in total. The van der Waals surface area contributed by atoms with E-state index in [1.165, 1.54) is 70.8 Å². The third-order valence-corrected chi connectivity index (χ3v) is 5.71. The van der Waals surface area contributed by atoms with E-state index in [-0.39, 0.29) is 0 Å². The maximum Gasteiger partial charge on any atom is 0.0708 e. The summed E-state index contributed by atoms with van der Waals surface area (Å²) >= 11 is 0. The molecule has 0 aromatic rings. The molecule has 3 unspecified atom stereocenters. The Balaban J connectivity index is 1.35. The third kappa shape index (κ3) is 3.52. The van der Waals surface area contributed by atoms with E-state index in [4.69, 9.17) is 4.74 Å². The fourth-order valence-corrected chi connectivity index (χ4v) is 4.56. The highest BCUT2D eigenvalue weighted by molar-refractivity contribution is 4.91. The van der Waals surface area contributed by atoms with Crippen molar-refractivity contribution in [1.29, 1.82) is 0 Å². The first kappa shape index (κ1) is 13.9. The van der Waals surface area contributed by atoms with Gasteiger partial charge in [0, 0.05) is 6.54 Å². The van der Waals surface area contributed by atoms with E-state index in [1.54, 1.807) is 0 Å². The Kier molecular flexibility index (Phi) is 4.48. The molecule has 0 amide bonds. The van der Waals surface area contributed by atoms with Crippen LogP contribution >= 0.6 is 0 Å². The highest BCUT2D eigenvalue weighted by Gasteiger charge is 2.40. The molecule has 1 heterocycles. The first-order valence-corrected chi connectivity index (χ1v) is 8.64. The lowest BCUT2D eigenvalue weighted by Gasteiger charge is -2.33. The summed E-state index contributed by atoms with van der Waals surface area (Å²) in [6.07, 6.45) is 14.3. The van der Waals surface area contributed by atoms with Crippen LogP contribution in [-0.2, 0) is 4.74 Å². The van der Waals surface area contributed by atoms with Gasteiger partial charge in [0.05, 0.1) is 11.7 Å². The quantitative estimate of drug-likeness (QED) is 0.832. The molecule has 2 saturated carbocycles. The van der Waals surface area contributed by atoms with Gasteiger partial charge in [-0.05, 0) is 56.9 Å². The number of rotatable bonds is 4. The molecule has 0 aromatic heterocycles. The van der Waals surface area contributed by atoms with Gasteiger partial charge < -0.3 is 10.1 Å². The molecule has 2 nitrogen and oxygen atoms in total. The Morgan fingerprint density at radius 1 is 1.00 bits per heavy atom. The molecule has 3 atom stereocenters. The Labute approximate surface area is 118 Å². The average Bonchev–Trinajstić information content (AvgIpc) is 2.99. The van der Waals surface area contributed by atoms with Crippen LogP contribution in [0.2, 0.25) is 0 Å².